The maximum atomic E-state index is 13.7. The van der Waals surface area contributed by atoms with Gasteiger partial charge in [0.15, 0.2) is 0 Å². The van der Waals surface area contributed by atoms with Crippen molar-refractivity contribution in [1.29, 1.82) is 0 Å². The van der Waals surface area contributed by atoms with Crippen LogP contribution in [-0.4, -0.2) is 95.6 Å². The topological polar surface area (TPSA) is 159 Å². The number of anilines is 2. The summed E-state index contributed by atoms with van der Waals surface area (Å²) < 4.78 is 82.1. The first kappa shape index (κ1) is 52.9. The smallest absolute Gasteiger partial charge is 0.369 e. The Hall–Kier alpha value is -6.92. The van der Waals surface area contributed by atoms with E-state index in [0.29, 0.717) is 48.5 Å². The molecule has 0 bridgehead atoms. The minimum absolute atomic E-state index is 0.0429. The summed E-state index contributed by atoms with van der Waals surface area (Å²) in [5.41, 5.74) is 16.0. The molecule has 4 heterocycles. The molecule has 2 aliphatic rings. The van der Waals surface area contributed by atoms with Crippen LogP contribution in [0.3, 0.4) is 0 Å². The number of hydrogen-bond donors (Lipinski definition) is 3. The standard InChI is InChI=1S/C28H32F3N5O.C26H28F3N5O/c1-2-35-13-15-36(16-14-35)23-10-7-20(8-11-23)17-27-33-19-24(28(29,30)31)25(34-27)12-9-21-5-3-4-6-22(21)18-26(32)37;27-26(28,29)22-17-32-25(15-18-5-8-21(9-6-18)34-13-11-31-12-14-34)33-23(22)10-7-19-3-1-2-4-20(19)16-24(30)35/h3-8,10-11,19H,2,9,12-18H2,1H3,(H2,32,37);1-6,8-9,17,31H,7,10-16H2,(H2,30,35). The SMILES string of the molecule is CCN1CCN(c2ccc(Cc3ncc(C(F)(F)F)c(CCc4ccccc4CC(N)=O)n3)cc2)CC1.NC(=O)Cc1ccccc1CCc1nc(Cc2ccc(N3CCNCC3)cc2)ncc1C(F)(F)F. The Morgan fingerprint density at radius 1 is 0.542 bits per heavy atom. The fraction of sp³-hybridized carbons (Fsp3) is 0.370. The fourth-order valence-electron chi connectivity index (χ4n) is 9.03. The number of rotatable bonds is 17. The Labute approximate surface area is 415 Å². The van der Waals surface area contributed by atoms with Crippen molar-refractivity contribution < 1.29 is 35.9 Å². The summed E-state index contributed by atoms with van der Waals surface area (Å²) in [4.78, 5) is 46.5. The number of aryl methyl sites for hydroxylation is 4. The van der Waals surface area contributed by atoms with E-state index in [0.717, 1.165) is 105 Å². The molecule has 0 saturated carbocycles. The van der Waals surface area contributed by atoms with Gasteiger partial charge in [0.2, 0.25) is 11.8 Å². The van der Waals surface area contributed by atoms with E-state index in [4.69, 9.17) is 11.5 Å². The van der Waals surface area contributed by atoms with E-state index in [1.807, 2.05) is 36.4 Å². The molecule has 2 saturated heterocycles. The molecule has 2 aromatic heterocycles. The largest absolute Gasteiger partial charge is 0.419 e. The summed E-state index contributed by atoms with van der Waals surface area (Å²) >= 11 is 0. The minimum atomic E-state index is -4.55. The number of amides is 2. The molecule has 18 heteroatoms. The first-order chi connectivity index (χ1) is 34.5. The van der Waals surface area contributed by atoms with Crippen LogP contribution in [0.25, 0.3) is 0 Å². The lowest BCUT2D eigenvalue weighted by atomic mass is 9.98. The lowest BCUT2D eigenvalue weighted by Gasteiger charge is -2.35. The number of nitrogens with zero attached hydrogens (tertiary/aromatic N) is 7. The van der Waals surface area contributed by atoms with E-state index in [1.165, 1.54) is 0 Å². The molecule has 0 unspecified atom stereocenters. The second-order valence-electron chi connectivity index (χ2n) is 18.0. The summed E-state index contributed by atoms with van der Waals surface area (Å²) in [6.45, 7) is 11.0. The monoisotopic (exact) mass is 994 g/mol. The van der Waals surface area contributed by atoms with E-state index in [1.54, 1.807) is 48.5 Å². The van der Waals surface area contributed by atoms with Gasteiger partial charge in [0.1, 0.15) is 11.6 Å². The van der Waals surface area contributed by atoms with Gasteiger partial charge in [-0.3, -0.25) is 9.59 Å². The van der Waals surface area contributed by atoms with Gasteiger partial charge < -0.3 is 31.5 Å². The number of carbonyl (C=O) groups excluding carboxylic acids is 2. The van der Waals surface area contributed by atoms with Crippen molar-refractivity contribution in [3.05, 3.63) is 177 Å². The summed E-state index contributed by atoms with van der Waals surface area (Å²) in [6, 6.07) is 30.4. The van der Waals surface area contributed by atoms with Crippen molar-refractivity contribution in [3.63, 3.8) is 0 Å². The van der Waals surface area contributed by atoms with Crippen LogP contribution >= 0.6 is 0 Å². The fourth-order valence-corrected chi connectivity index (χ4v) is 9.03. The van der Waals surface area contributed by atoms with Crippen LogP contribution in [0.15, 0.2) is 109 Å². The quantitative estimate of drug-likeness (QED) is 0.0790. The van der Waals surface area contributed by atoms with Gasteiger partial charge in [-0.2, -0.15) is 26.3 Å². The highest BCUT2D eigenvalue weighted by atomic mass is 19.4. The van der Waals surface area contributed by atoms with Gasteiger partial charge in [0.05, 0.1) is 35.4 Å². The number of aromatic nitrogens is 4. The maximum Gasteiger partial charge on any atom is 0.419 e. The molecule has 4 aromatic carbocycles. The lowest BCUT2D eigenvalue weighted by Crippen LogP contribution is -2.46. The Bertz CT molecular complexity index is 2740. The Balaban J connectivity index is 0.000000212. The first-order valence-corrected chi connectivity index (χ1v) is 24.2. The van der Waals surface area contributed by atoms with Crippen LogP contribution in [0.1, 0.15) is 74.5 Å². The second kappa shape index (κ2) is 24.5. The minimum Gasteiger partial charge on any atom is -0.369 e. The number of carbonyl (C=O) groups is 2. The van der Waals surface area contributed by atoms with Crippen molar-refractivity contribution in [2.24, 2.45) is 11.5 Å². The summed E-state index contributed by atoms with van der Waals surface area (Å²) in [6.07, 6.45) is -5.82. The summed E-state index contributed by atoms with van der Waals surface area (Å²) in [7, 11) is 0. The van der Waals surface area contributed by atoms with Crippen LogP contribution in [0.2, 0.25) is 0 Å². The van der Waals surface area contributed by atoms with Gasteiger partial charge in [0, 0.05) is 89.0 Å². The molecule has 6 aromatic rings. The number of likely N-dealkylation sites (N-methyl/N-ethyl adjacent to an activating group) is 1. The lowest BCUT2D eigenvalue weighted by molar-refractivity contribution is -0.139. The van der Waals surface area contributed by atoms with Gasteiger partial charge >= 0.3 is 12.4 Å². The third-order valence-electron chi connectivity index (χ3n) is 12.9. The Morgan fingerprint density at radius 2 is 0.931 bits per heavy atom. The van der Waals surface area contributed by atoms with Gasteiger partial charge in [0.25, 0.3) is 0 Å². The summed E-state index contributed by atoms with van der Waals surface area (Å²) in [5, 5.41) is 3.32. The molecule has 0 atom stereocenters. The number of nitrogens with one attached hydrogen (secondary N) is 1. The molecule has 0 spiro atoms. The average molecular weight is 995 g/mol. The van der Waals surface area contributed by atoms with Crippen molar-refractivity contribution in [2.45, 2.75) is 70.6 Å². The number of alkyl halides is 6. The van der Waals surface area contributed by atoms with Crippen molar-refractivity contribution in [2.75, 3.05) is 68.7 Å². The predicted molar refractivity (Wildman–Crippen MR) is 265 cm³/mol. The van der Waals surface area contributed by atoms with E-state index >= 15 is 0 Å². The summed E-state index contributed by atoms with van der Waals surface area (Å²) in [5.74, 6) is -0.284. The number of nitrogens with two attached hydrogens (primary N) is 2. The molecule has 8 rings (SSSR count). The average Bonchev–Trinajstić information content (AvgIpc) is 3.36. The van der Waals surface area contributed by atoms with E-state index in [2.05, 4.69) is 59.0 Å². The molecule has 0 aliphatic carbocycles. The van der Waals surface area contributed by atoms with Crippen molar-refractivity contribution in [3.8, 4) is 0 Å². The molecule has 72 heavy (non-hydrogen) atoms. The zero-order valence-electron chi connectivity index (χ0n) is 40.3. The Morgan fingerprint density at radius 3 is 1.31 bits per heavy atom. The molecule has 2 amide bonds. The van der Waals surface area contributed by atoms with Crippen molar-refractivity contribution >= 4 is 23.2 Å². The molecular weight excluding hydrogens is 935 g/mol. The van der Waals surface area contributed by atoms with Crippen LogP contribution in [0.4, 0.5) is 37.7 Å². The number of benzene rings is 4. The number of primary amides is 2. The first-order valence-electron chi connectivity index (χ1n) is 24.2. The third-order valence-corrected chi connectivity index (χ3v) is 12.9. The van der Waals surface area contributed by atoms with Crippen LogP contribution in [0.5, 0.6) is 0 Å². The van der Waals surface area contributed by atoms with Crippen LogP contribution < -0.4 is 26.6 Å². The highest BCUT2D eigenvalue weighted by Gasteiger charge is 2.36. The second-order valence-corrected chi connectivity index (χ2v) is 18.0. The molecule has 380 valence electrons. The molecular formula is C54H60F6N10O2. The zero-order chi connectivity index (χ0) is 51.3. The van der Waals surface area contributed by atoms with E-state index in [9.17, 15) is 35.9 Å². The highest BCUT2D eigenvalue weighted by Crippen LogP contribution is 2.33. The van der Waals surface area contributed by atoms with E-state index < -0.39 is 35.3 Å². The van der Waals surface area contributed by atoms with E-state index in [-0.39, 0.29) is 37.1 Å². The highest BCUT2D eigenvalue weighted by molar-refractivity contribution is 5.77. The normalized spacial score (nSPS) is 14.4. The Kier molecular flexibility index (Phi) is 18.0. The van der Waals surface area contributed by atoms with Crippen LogP contribution in [-0.2, 0) is 73.3 Å². The predicted octanol–water partition coefficient (Wildman–Crippen LogP) is 7.35. The number of halogens is 6. The van der Waals surface area contributed by atoms with Crippen LogP contribution in [0, 0.1) is 0 Å². The number of piperazine rings is 2. The van der Waals surface area contributed by atoms with Crippen molar-refractivity contribution in [1.82, 2.24) is 30.2 Å². The number of hydrogen-bond acceptors (Lipinski definition) is 10. The van der Waals surface area contributed by atoms with Gasteiger partial charge in [-0.05, 0) is 89.9 Å². The molecule has 2 fully saturated rings. The zero-order valence-corrected chi connectivity index (χ0v) is 40.3. The molecule has 12 nitrogen and oxygen atoms in total. The molecule has 0 radical (unpaired) electrons. The van der Waals surface area contributed by atoms with Gasteiger partial charge in [-0.15, -0.1) is 0 Å². The third kappa shape index (κ3) is 15.1. The molecule has 2 aliphatic heterocycles. The molecule has 5 N–H and O–H groups in total. The van der Waals surface area contributed by atoms with Gasteiger partial charge in [-0.25, -0.2) is 19.9 Å². The van der Waals surface area contributed by atoms with Gasteiger partial charge in [-0.1, -0.05) is 79.7 Å². The maximum absolute atomic E-state index is 13.7.